The molecule has 27 rings (SSSR count). The van der Waals surface area contributed by atoms with Gasteiger partial charge in [-0.15, -0.1) is 34.0 Å². The zero-order valence-corrected chi connectivity index (χ0v) is 72.7. The van der Waals surface area contributed by atoms with Crippen molar-refractivity contribution in [3.05, 3.63) is 473 Å². The van der Waals surface area contributed by atoms with Gasteiger partial charge < -0.3 is 0 Å². The normalized spacial score (nSPS) is 11.7. The molecule has 0 spiro atoms. The van der Waals surface area contributed by atoms with Crippen molar-refractivity contribution in [2.45, 2.75) is 0 Å². The van der Waals surface area contributed by atoms with Gasteiger partial charge in [-0.25, -0.2) is 0 Å². The highest BCUT2D eigenvalue weighted by Crippen LogP contribution is 2.54. The molecule has 0 aliphatic heterocycles. The number of fused-ring (bicyclic) bond motifs is 18. The minimum Gasteiger partial charge on any atom is -0.135 e. The summed E-state index contributed by atoms with van der Waals surface area (Å²) in [5.41, 5.74) is 22.9. The summed E-state index contributed by atoms with van der Waals surface area (Å²) >= 11 is 5.64. The number of hydrogen-bond donors (Lipinski definition) is 0. The lowest BCUT2D eigenvalue weighted by molar-refractivity contribution is 1.62. The molecule has 0 saturated carbocycles. The van der Waals surface area contributed by atoms with Gasteiger partial charge >= 0.3 is 0 Å². The van der Waals surface area contributed by atoms with E-state index in [1.807, 2.05) is 34.0 Å². The first-order chi connectivity index (χ1) is 64.0. The van der Waals surface area contributed by atoms with Crippen LogP contribution in [-0.2, 0) is 0 Å². The molecule has 600 valence electrons. The van der Waals surface area contributed by atoms with Crippen LogP contribution < -0.4 is 0 Å². The van der Waals surface area contributed by atoms with Crippen LogP contribution >= 0.6 is 34.0 Å². The van der Waals surface area contributed by atoms with E-state index in [0.29, 0.717) is 0 Å². The lowest BCUT2D eigenvalue weighted by atomic mass is 9.83. The number of rotatable bonds is 9. The summed E-state index contributed by atoms with van der Waals surface area (Å²) in [7, 11) is 0. The topological polar surface area (TPSA) is 0 Å². The molecular weight excluding hydrogens is 1610 g/mol. The SMILES string of the molecule is c1cc(-c2ccc3ccccc3c2)cc(-c2c3ccccc3c(-c3cccc4sc5ccccc5c34)c3ccccc23)c1.c1ccc(-c2c3ccccc3c(-c3cccc4sc5ccccc5c34)c3ccccc23)c(-c2ccc3ccccc3c2)c1.c1ccc2cc(-c3ccc(-c4c5ccccc5c(-c5cccc6sc7ccccc7c56)c5ccccc45)cc3)ccc2c1. The molecule has 0 nitrogen and oxygen atoms in total. The molecule has 27 aromatic rings. The fourth-order valence-corrected chi connectivity index (χ4v) is 24.2. The predicted octanol–water partition coefficient (Wildman–Crippen LogP) is 37.5. The summed E-state index contributed by atoms with van der Waals surface area (Å²) in [5.74, 6) is 0. The Morgan fingerprint density at radius 2 is 0.333 bits per heavy atom. The van der Waals surface area contributed by atoms with Gasteiger partial charge in [-0.1, -0.05) is 413 Å². The molecule has 3 heteroatoms. The highest BCUT2D eigenvalue weighted by Gasteiger charge is 2.26. The van der Waals surface area contributed by atoms with Crippen molar-refractivity contribution in [3.8, 4) is 100 Å². The Hall–Kier alpha value is -15.7. The maximum Gasteiger partial charge on any atom is 0.0361 e. The molecule has 129 heavy (non-hydrogen) atoms. The van der Waals surface area contributed by atoms with E-state index in [1.165, 1.54) is 258 Å². The van der Waals surface area contributed by atoms with Crippen LogP contribution in [0.1, 0.15) is 0 Å². The van der Waals surface area contributed by atoms with Gasteiger partial charge in [-0.2, -0.15) is 0 Å². The Morgan fingerprint density at radius 1 is 0.109 bits per heavy atom. The third kappa shape index (κ3) is 13.0. The fraction of sp³-hybridized carbons (Fsp3) is 0. The maximum atomic E-state index is 2.37. The Kier molecular flexibility index (Phi) is 18.6. The molecule has 0 bridgehead atoms. The van der Waals surface area contributed by atoms with Crippen molar-refractivity contribution < 1.29 is 0 Å². The second kappa shape index (κ2) is 31.7. The summed E-state index contributed by atoms with van der Waals surface area (Å²) in [5, 5.41) is 31.1. The average molecular weight is 1690 g/mol. The molecule has 0 aliphatic carbocycles. The second-order valence-electron chi connectivity index (χ2n) is 33.7. The van der Waals surface area contributed by atoms with Crippen LogP contribution in [0.4, 0.5) is 0 Å². The van der Waals surface area contributed by atoms with Gasteiger partial charge in [0.15, 0.2) is 0 Å². The largest absolute Gasteiger partial charge is 0.135 e. The summed E-state index contributed by atoms with van der Waals surface area (Å²) in [6, 6.07) is 174. The molecule has 0 saturated heterocycles. The molecule has 0 fully saturated rings. The summed E-state index contributed by atoms with van der Waals surface area (Å²) < 4.78 is 8.00. The van der Waals surface area contributed by atoms with Gasteiger partial charge in [0.1, 0.15) is 0 Å². The Morgan fingerprint density at radius 3 is 0.705 bits per heavy atom. The van der Waals surface area contributed by atoms with Crippen molar-refractivity contribution in [2.75, 3.05) is 0 Å². The standard InChI is InChI=1S/3C42H26S/c1-2-12-28-25-30(24-23-27(28)11-1)29-13-9-14-31(26-29)40-32-15-3-5-17-34(32)41(35-18-6-4-16-33(35)40)37-20-10-22-39-42(37)36-19-7-8-21-38(36)43-39;1-2-11-30-26-31(25-22-27(30)10-1)28-20-23-29(24-21-28)40-32-12-3-5-14-34(32)41(35-15-6-4-13-33(35)40)37-17-9-19-39-42(37)36-16-7-8-18-38(36)43-39;1-2-13-28-26-29(25-24-27(28)12-1)30-14-3-4-15-31(30)40-32-16-5-7-18-34(32)41(35-19-8-6-17-33(35)40)37-21-11-23-39-42(37)36-20-9-10-22-38(36)43-39/h3*1-26H. The molecule has 3 aromatic heterocycles. The molecule has 0 amide bonds. The van der Waals surface area contributed by atoms with E-state index in [0.717, 1.165) is 0 Å². The van der Waals surface area contributed by atoms with E-state index >= 15 is 0 Å². The summed E-state index contributed by atoms with van der Waals surface area (Å²) in [4.78, 5) is 0. The Balaban J connectivity index is 0.000000105. The molecule has 0 aliphatic rings. The van der Waals surface area contributed by atoms with E-state index in [2.05, 4.69) is 473 Å². The number of hydrogen-bond acceptors (Lipinski definition) is 3. The Bertz CT molecular complexity index is 9040. The average Bonchev–Trinajstić information content (AvgIpc) is 1.70. The van der Waals surface area contributed by atoms with Crippen LogP contribution in [0.3, 0.4) is 0 Å². The van der Waals surface area contributed by atoms with Gasteiger partial charge in [0, 0.05) is 60.5 Å². The van der Waals surface area contributed by atoms with E-state index in [9.17, 15) is 0 Å². The van der Waals surface area contributed by atoms with Crippen molar-refractivity contribution in [1.29, 1.82) is 0 Å². The van der Waals surface area contributed by atoms with Gasteiger partial charge in [-0.05, 0) is 258 Å². The van der Waals surface area contributed by atoms with Crippen LogP contribution in [0.15, 0.2) is 473 Å². The van der Waals surface area contributed by atoms with Crippen LogP contribution in [0, 0.1) is 0 Å². The van der Waals surface area contributed by atoms with Crippen molar-refractivity contribution >= 4 is 191 Å². The highest BCUT2D eigenvalue weighted by atomic mass is 32.1. The zero-order valence-electron chi connectivity index (χ0n) is 70.3. The molecule has 0 radical (unpaired) electrons. The minimum absolute atomic E-state index is 1.23. The fourth-order valence-electron chi connectivity index (χ4n) is 20.8. The third-order valence-electron chi connectivity index (χ3n) is 26.6. The van der Waals surface area contributed by atoms with Gasteiger partial charge in [0.2, 0.25) is 0 Å². The third-order valence-corrected chi connectivity index (χ3v) is 30.0. The quantitative estimate of drug-likeness (QED) is 0.126. The van der Waals surface area contributed by atoms with E-state index in [1.54, 1.807) is 0 Å². The van der Waals surface area contributed by atoms with Crippen LogP contribution in [-0.4, -0.2) is 0 Å². The molecule has 0 atom stereocenters. The summed E-state index contributed by atoms with van der Waals surface area (Å²) in [6.07, 6.45) is 0. The lowest BCUT2D eigenvalue weighted by Crippen LogP contribution is -1.93. The molecule has 3 heterocycles. The molecule has 24 aromatic carbocycles. The number of thiophene rings is 3. The molecular formula is C126H78S3. The monoisotopic (exact) mass is 1690 g/mol. The van der Waals surface area contributed by atoms with Gasteiger partial charge in [0.25, 0.3) is 0 Å². The molecule has 0 unspecified atom stereocenters. The second-order valence-corrected chi connectivity index (χ2v) is 37.0. The van der Waals surface area contributed by atoms with Crippen LogP contribution in [0.2, 0.25) is 0 Å². The predicted molar refractivity (Wildman–Crippen MR) is 564 cm³/mol. The zero-order chi connectivity index (χ0) is 85.0. The van der Waals surface area contributed by atoms with Crippen molar-refractivity contribution in [1.82, 2.24) is 0 Å². The van der Waals surface area contributed by atoms with Crippen molar-refractivity contribution in [3.63, 3.8) is 0 Å². The first-order valence-corrected chi connectivity index (χ1v) is 46.8. The smallest absolute Gasteiger partial charge is 0.0361 e. The van der Waals surface area contributed by atoms with E-state index < -0.39 is 0 Å². The number of benzene rings is 24. The minimum atomic E-state index is 1.23. The highest BCUT2D eigenvalue weighted by molar-refractivity contribution is 7.26. The van der Waals surface area contributed by atoms with Crippen LogP contribution in [0.5, 0.6) is 0 Å². The molecule has 0 N–H and O–H groups in total. The van der Waals surface area contributed by atoms with Crippen LogP contribution in [0.25, 0.3) is 258 Å². The van der Waals surface area contributed by atoms with E-state index in [-0.39, 0.29) is 0 Å². The first kappa shape index (κ1) is 75.8. The first-order valence-electron chi connectivity index (χ1n) is 44.3. The Labute approximate surface area is 758 Å². The van der Waals surface area contributed by atoms with Gasteiger partial charge in [-0.3, -0.25) is 0 Å². The maximum absolute atomic E-state index is 2.37. The van der Waals surface area contributed by atoms with Crippen molar-refractivity contribution in [2.24, 2.45) is 0 Å². The van der Waals surface area contributed by atoms with Gasteiger partial charge in [0.05, 0.1) is 0 Å². The lowest BCUT2D eigenvalue weighted by Gasteiger charge is -2.20. The summed E-state index contributed by atoms with van der Waals surface area (Å²) in [6.45, 7) is 0. The van der Waals surface area contributed by atoms with E-state index in [4.69, 9.17) is 0 Å².